The van der Waals surface area contributed by atoms with Crippen LogP contribution in [0.5, 0.6) is 0 Å². The van der Waals surface area contributed by atoms with Crippen LogP contribution in [0.15, 0.2) is 60.7 Å². The van der Waals surface area contributed by atoms with Gasteiger partial charge in [0.1, 0.15) is 5.41 Å². The molecule has 2 fully saturated rings. The van der Waals surface area contributed by atoms with Crippen LogP contribution in [-0.4, -0.2) is 42.4 Å². The Bertz CT molecular complexity index is 1300. The monoisotopic (exact) mass is 437 g/mol. The molecule has 1 N–H and O–H groups in total. The number of amides is 2. The summed E-state index contributed by atoms with van der Waals surface area (Å²) in [5, 5.41) is 5.70. The number of nitrogens with one attached hydrogen (secondary N) is 1. The Balaban J connectivity index is 1.15. The normalized spacial score (nSPS) is 27.0. The van der Waals surface area contributed by atoms with E-state index in [-0.39, 0.29) is 24.3 Å². The summed E-state index contributed by atoms with van der Waals surface area (Å²) >= 11 is 0. The van der Waals surface area contributed by atoms with Crippen molar-refractivity contribution in [2.24, 2.45) is 0 Å². The second-order valence-electron chi connectivity index (χ2n) is 10.1. The lowest BCUT2D eigenvalue weighted by molar-refractivity contribution is -0.125. The van der Waals surface area contributed by atoms with Crippen LogP contribution >= 0.6 is 0 Å². The number of nitrogens with zero attached hydrogens (tertiary/aromatic N) is 2. The standard InChI is InChI=1S/C28H27N3O2/c32-25-16-28(17-29-25)22-9-1-2-10-23(22)31(27(28)33)20-11-13-30(14-12-20)24-15-19-7-3-5-18-6-4-8-21(24)26(18)19/h1-10,20,24H,11-17H2,(H,29,32). The van der Waals surface area contributed by atoms with Gasteiger partial charge in [-0.1, -0.05) is 54.6 Å². The first-order valence-corrected chi connectivity index (χ1v) is 12.1. The van der Waals surface area contributed by atoms with Crippen LogP contribution in [0.25, 0.3) is 10.8 Å². The summed E-state index contributed by atoms with van der Waals surface area (Å²) in [6, 6.07) is 22.1. The van der Waals surface area contributed by atoms with Gasteiger partial charge in [0.05, 0.1) is 0 Å². The summed E-state index contributed by atoms with van der Waals surface area (Å²) in [6.07, 6.45) is 3.26. The van der Waals surface area contributed by atoms with E-state index in [1.165, 1.54) is 21.9 Å². The Morgan fingerprint density at radius 3 is 2.48 bits per heavy atom. The molecule has 3 heterocycles. The van der Waals surface area contributed by atoms with Crippen molar-refractivity contribution in [1.29, 1.82) is 0 Å². The second kappa shape index (κ2) is 6.91. The average molecular weight is 438 g/mol. The maximum absolute atomic E-state index is 13.8. The fourth-order valence-electron chi connectivity index (χ4n) is 6.89. The first kappa shape index (κ1) is 19.3. The molecule has 2 saturated heterocycles. The first-order valence-electron chi connectivity index (χ1n) is 12.1. The number of para-hydroxylation sites is 1. The van der Waals surface area contributed by atoms with Crippen molar-refractivity contribution >= 4 is 28.3 Å². The van der Waals surface area contributed by atoms with E-state index in [1.807, 2.05) is 23.1 Å². The molecular formula is C28H27N3O2. The van der Waals surface area contributed by atoms with Gasteiger partial charge in [0.15, 0.2) is 0 Å². The number of piperidine rings is 1. The van der Waals surface area contributed by atoms with E-state index in [0.29, 0.717) is 12.6 Å². The van der Waals surface area contributed by atoms with Gasteiger partial charge >= 0.3 is 0 Å². The lowest BCUT2D eigenvalue weighted by Crippen LogP contribution is -2.50. The van der Waals surface area contributed by atoms with Gasteiger partial charge in [-0.3, -0.25) is 14.5 Å². The molecule has 33 heavy (non-hydrogen) atoms. The minimum Gasteiger partial charge on any atom is -0.355 e. The van der Waals surface area contributed by atoms with Gasteiger partial charge in [-0.2, -0.15) is 0 Å². The van der Waals surface area contributed by atoms with Crippen LogP contribution in [0.4, 0.5) is 5.69 Å². The van der Waals surface area contributed by atoms with E-state index in [0.717, 1.165) is 43.6 Å². The molecule has 3 aliphatic heterocycles. The third-order valence-electron chi connectivity index (χ3n) is 8.46. The predicted molar refractivity (Wildman–Crippen MR) is 128 cm³/mol. The number of hydrogen-bond donors (Lipinski definition) is 1. The minimum absolute atomic E-state index is 0.0233. The van der Waals surface area contributed by atoms with Crippen LogP contribution in [-0.2, 0) is 21.4 Å². The van der Waals surface area contributed by atoms with Crippen LogP contribution in [0, 0.1) is 0 Å². The molecule has 0 radical (unpaired) electrons. The molecule has 2 unspecified atom stereocenters. The van der Waals surface area contributed by atoms with Crippen molar-refractivity contribution in [1.82, 2.24) is 10.2 Å². The highest BCUT2D eigenvalue weighted by molar-refractivity contribution is 6.12. The molecule has 4 aliphatic rings. The summed E-state index contributed by atoms with van der Waals surface area (Å²) in [4.78, 5) is 30.5. The van der Waals surface area contributed by atoms with Crippen molar-refractivity contribution in [2.45, 2.75) is 43.2 Å². The number of benzene rings is 3. The highest BCUT2D eigenvalue weighted by atomic mass is 16.2. The van der Waals surface area contributed by atoms with E-state index in [2.05, 4.69) is 52.7 Å². The van der Waals surface area contributed by atoms with Crippen LogP contribution in [0.2, 0.25) is 0 Å². The summed E-state index contributed by atoms with van der Waals surface area (Å²) in [5.41, 5.74) is 4.23. The summed E-state index contributed by atoms with van der Waals surface area (Å²) in [6.45, 7) is 2.38. The Morgan fingerprint density at radius 1 is 0.909 bits per heavy atom. The van der Waals surface area contributed by atoms with E-state index in [9.17, 15) is 9.59 Å². The van der Waals surface area contributed by atoms with Gasteiger partial charge in [0, 0.05) is 43.8 Å². The third kappa shape index (κ3) is 2.63. The SMILES string of the molecule is O=C1CC2(CN1)C(=O)N(C1CCN(C3Cc4cccc5cccc3c45)CC1)c1ccccc12. The van der Waals surface area contributed by atoms with Gasteiger partial charge in [-0.25, -0.2) is 0 Å². The van der Waals surface area contributed by atoms with Crippen LogP contribution in [0.3, 0.4) is 0 Å². The molecule has 7 rings (SSSR count). The van der Waals surface area contributed by atoms with Gasteiger partial charge < -0.3 is 10.2 Å². The number of carbonyl (C=O) groups is 2. The van der Waals surface area contributed by atoms with Gasteiger partial charge in [0.2, 0.25) is 11.8 Å². The lowest BCUT2D eigenvalue weighted by atomic mass is 9.81. The molecule has 2 atom stereocenters. The largest absolute Gasteiger partial charge is 0.355 e. The fraction of sp³-hybridized carbons (Fsp3) is 0.357. The predicted octanol–water partition coefficient (Wildman–Crippen LogP) is 3.71. The molecule has 1 spiro atoms. The van der Waals surface area contributed by atoms with Crippen molar-refractivity contribution in [3.05, 3.63) is 77.4 Å². The zero-order valence-corrected chi connectivity index (χ0v) is 18.6. The molecular weight excluding hydrogens is 410 g/mol. The summed E-state index contributed by atoms with van der Waals surface area (Å²) in [7, 11) is 0. The number of carbonyl (C=O) groups excluding carboxylic acids is 2. The van der Waals surface area contributed by atoms with Gasteiger partial charge in [-0.05, 0) is 52.8 Å². The molecule has 0 bridgehead atoms. The zero-order valence-electron chi connectivity index (χ0n) is 18.6. The van der Waals surface area contributed by atoms with E-state index in [1.54, 1.807) is 0 Å². The first-order chi connectivity index (χ1) is 16.2. The second-order valence-corrected chi connectivity index (χ2v) is 10.1. The van der Waals surface area contributed by atoms with Crippen molar-refractivity contribution in [3.8, 4) is 0 Å². The number of rotatable bonds is 2. The number of anilines is 1. The molecule has 5 nitrogen and oxygen atoms in total. The minimum atomic E-state index is -0.715. The highest BCUT2D eigenvalue weighted by Gasteiger charge is 2.56. The van der Waals surface area contributed by atoms with Crippen molar-refractivity contribution < 1.29 is 9.59 Å². The topological polar surface area (TPSA) is 52.7 Å². The van der Waals surface area contributed by atoms with Gasteiger partial charge in [-0.15, -0.1) is 0 Å². The van der Waals surface area contributed by atoms with Crippen molar-refractivity contribution in [3.63, 3.8) is 0 Å². The van der Waals surface area contributed by atoms with Crippen molar-refractivity contribution in [2.75, 3.05) is 24.5 Å². The van der Waals surface area contributed by atoms with E-state index < -0.39 is 5.41 Å². The van der Waals surface area contributed by atoms with Crippen LogP contribution in [0.1, 0.15) is 42.0 Å². The maximum atomic E-state index is 13.8. The molecule has 166 valence electrons. The Kier molecular flexibility index (Phi) is 4.04. The molecule has 2 amide bonds. The number of hydrogen-bond acceptors (Lipinski definition) is 3. The molecule has 3 aromatic rings. The Hall–Kier alpha value is -3.18. The lowest BCUT2D eigenvalue weighted by Gasteiger charge is -2.40. The smallest absolute Gasteiger partial charge is 0.240 e. The summed E-state index contributed by atoms with van der Waals surface area (Å²) in [5.74, 6) is 0.0864. The zero-order chi connectivity index (χ0) is 22.2. The molecule has 0 aromatic heterocycles. The molecule has 3 aromatic carbocycles. The number of likely N-dealkylation sites (tertiary alicyclic amines) is 1. The molecule has 0 saturated carbocycles. The third-order valence-corrected chi connectivity index (χ3v) is 8.46. The fourth-order valence-corrected chi connectivity index (χ4v) is 6.89. The Labute approximate surface area is 193 Å². The quantitative estimate of drug-likeness (QED) is 0.665. The van der Waals surface area contributed by atoms with E-state index in [4.69, 9.17) is 0 Å². The average Bonchev–Trinajstić information content (AvgIpc) is 3.49. The molecule has 5 heteroatoms. The summed E-state index contributed by atoms with van der Waals surface area (Å²) < 4.78 is 0. The van der Waals surface area contributed by atoms with Crippen LogP contribution < -0.4 is 10.2 Å². The Morgan fingerprint density at radius 2 is 1.70 bits per heavy atom. The highest BCUT2D eigenvalue weighted by Crippen LogP contribution is 2.48. The van der Waals surface area contributed by atoms with E-state index >= 15 is 0 Å². The van der Waals surface area contributed by atoms with Gasteiger partial charge in [0.25, 0.3) is 0 Å². The number of fused-ring (bicyclic) bond motifs is 2. The molecule has 1 aliphatic carbocycles. The maximum Gasteiger partial charge on any atom is 0.240 e.